The van der Waals surface area contributed by atoms with Crippen molar-refractivity contribution in [1.29, 1.82) is 0 Å². The fourth-order valence-corrected chi connectivity index (χ4v) is 3.19. The molecule has 0 saturated carbocycles. The van der Waals surface area contributed by atoms with Gasteiger partial charge in [0, 0.05) is 30.2 Å². The Balaban J connectivity index is 1.74. The number of methoxy groups -OCH3 is 1. The molecule has 7 nitrogen and oxygen atoms in total. The van der Waals surface area contributed by atoms with Gasteiger partial charge in [0.2, 0.25) is 5.96 Å². The molecule has 2 aromatic carbocycles. The summed E-state index contributed by atoms with van der Waals surface area (Å²) in [6.07, 6.45) is 0. The number of rotatable bonds is 6. The molecular weight excluding hydrogens is 404 g/mol. The summed E-state index contributed by atoms with van der Waals surface area (Å²) in [6, 6.07) is 12.5. The Labute approximate surface area is 182 Å². The number of halogens is 1. The van der Waals surface area contributed by atoms with Crippen molar-refractivity contribution < 1.29 is 14.3 Å². The zero-order chi connectivity index (χ0) is 21.3. The second-order valence-corrected chi connectivity index (χ2v) is 7.41. The second-order valence-electron chi connectivity index (χ2n) is 6.97. The molecule has 3 rings (SSSR count). The lowest BCUT2D eigenvalue weighted by molar-refractivity contribution is 0.0394. The summed E-state index contributed by atoms with van der Waals surface area (Å²) < 4.78 is 10.8. The van der Waals surface area contributed by atoms with Crippen LogP contribution in [0.25, 0.3) is 0 Å². The second kappa shape index (κ2) is 11.0. The number of nitrogens with zero attached hydrogens (tertiary/aromatic N) is 2. The molecule has 1 heterocycles. The van der Waals surface area contributed by atoms with Gasteiger partial charge in [-0.1, -0.05) is 17.7 Å². The van der Waals surface area contributed by atoms with E-state index in [0.29, 0.717) is 28.8 Å². The first kappa shape index (κ1) is 22.1. The third-order valence-corrected chi connectivity index (χ3v) is 4.99. The molecule has 30 heavy (non-hydrogen) atoms. The van der Waals surface area contributed by atoms with Crippen molar-refractivity contribution in [2.24, 2.45) is 4.99 Å². The number of hydrogen-bond donors (Lipinski definition) is 2. The number of morpholine rings is 1. The molecule has 8 heteroatoms. The molecule has 160 valence electrons. The molecule has 1 amide bonds. The van der Waals surface area contributed by atoms with Gasteiger partial charge in [-0.15, -0.1) is 0 Å². The van der Waals surface area contributed by atoms with E-state index in [2.05, 4.69) is 20.5 Å². The number of anilines is 1. The van der Waals surface area contributed by atoms with Crippen LogP contribution in [0.2, 0.25) is 5.02 Å². The van der Waals surface area contributed by atoms with E-state index in [1.54, 1.807) is 31.4 Å². The first-order valence-corrected chi connectivity index (χ1v) is 10.3. The standard InChI is InChI=1S/C22H27ClN4O3/c1-16-3-8-20(29-2)19(15-16)25-22(24-9-10-27-11-13-30-14-12-27)26-21(28)17-4-6-18(23)7-5-17/h3-8,15H,9-14H2,1-2H3,(H2,24,25,26,28). The SMILES string of the molecule is COc1ccc(C)cc1NC(=NCCN1CCOCC1)NC(=O)c1ccc(Cl)cc1. The number of nitrogens with one attached hydrogen (secondary N) is 2. The lowest BCUT2D eigenvalue weighted by atomic mass is 10.2. The van der Waals surface area contributed by atoms with Gasteiger partial charge in [-0.2, -0.15) is 0 Å². The van der Waals surface area contributed by atoms with Crippen LogP contribution in [0.15, 0.2) is 47.5 Å². The molecule has 0 spiro atoms. The molecule has 1 saturated heterocycles. The first-order chi connectivity index (χ1) is 14.5. The highest BCUT2D eigenvalue weighted by atomic mass is 35.5. The molecule has 2 N–H and O–H groups in total. The van der Waals surface area contributed by atoms with E-state index in [0.717, 1.165) is 44.1 Å². The molecule has 2 aromatic rings. The van der Waals surface area contributed by atoms with Crippen LogP contribution in [0.1, 0.15) is 15.9 Å². The van der Waals surface area contributed by atoms with Gasteiger partial charge >= 0.3 is 0 Å². The van der Waals surface area contributed by atoms with E-state index >= 15 is 0 Å². The third-order valence-electron chi connectivity index (χ3n) is 4.74. The van der Waals surface area contributed by atoms with Crippen molar-refractivity contribution in [3.8, 4) is 5.75 Å². The molecule has 0 aliphatic carbocycles. The van der Waals surface area contributed by atoms with Gasteiger partial charge in [0.15, 0.2) is 0 Å². The molecule has 1 aliphatic rings. The van der Waals surface area contributed by atoms with Crippen LogP contribution in [0.3, 0.4) is 0 Å². The number of benzene rings is 2. The van der Waals surface area contributed by atoms with Crippen LogP contribution in [-0.4, -0.2) is 63.3 Å². The van der Waals surface area contributed by atoms with Crippen LogP contribution in [0.4, 0.5) is 5.69 Å². The van der Waals surface area contributed by atoms with E-state index in [9.17, 15) is 4.79 Å². The maximum absolute atomic E-state index is 12.7. The number of carbonyl (C=O) groups is 1. The lowest BCUT2D eigenvalue weighted by Crippen LogP contribution is -2.39. The lowest BCUT2D eigenvalue weighted by Gasteiger charge is -2.25. The van der Waals surface area contributed by atoms with Crippen molar-refractivity contribution >= 4 is 29.2 Å². The summed E-state index contributed by atoms with van der Waals surface area (Å²) in [6.45, 7) is 6.58. The average molecular weight is 431 g/mol. The van der Waals surface area contributed by atoms with Crippen LogP contribution < -0.4 is 15.4 Å². The van der Waals surface area contributed by atoms with Crippen molar-refractivity contribution in [3.05, 3.63) is 58.6 Å². The minimum Gasteiger partial charge on any atom is -0.495 e. The highest BCUT2D eigenvalue weighted by molar-refractivity contribution is 6.30. The van der Waals surface area contributed by atoms with Gasteiger partial charge in [0.25, 0.3) is 5.91 Å². The minimum atomic E-state index is -0.268. The average Bonchev–Trinajstić information content (AvgIpc) is 2.75. The Bertz CT molecular complexity index is 880. The fourth-order valence-electron chi connectivity index (χ4n) is 3.07. The molecule has 1 fully saturated rings. The van der Waals surface area contributed by atoms with Crippen LogP contribution in [-0.2, 0) is 4.74 Å². The number of hydrogen-bond acceptors (Lipinski definition) is 5. The summed E-state index contributed by atoms with van der Waals surface area (Å²) in [5.74, 6) is 0.769. The quantitative estimate of drug-likeness (QED) is 0.543. The van der Waals surface area contributed by atoms with E-state index < -0.39 is 0 Å². The first-order valence-electron chi connectivity index (χ1n) is 9.88. The maximum atomic E-state index is 12.7. The normalized spacial score (nSPS) is 15.0. The molecule has 0 unspecified atom stereocenters. The van der Waals surface area contributed by atoms with Gasteiger partial charge in [0.1, 0.15) is 5.75 Å². The smallest absolute Gasteiger partial charge is 0.257 e. The molecule has 0 atom stereocenters. The summed E-state index contributed by atoms with van der Waals surface area (Å²) in [5, 5.41) is 6.66. The molecule has 0 aromatic heterocycles. The number of aryl methyl sites for hydroxylation is 1. The van der Waals surface area contributed by atoms with Gasteiger partial charge < -0.3 is 14.8 Å². The zero-order valence-corrected chi connectivity index (χ0v) is 18.0. The van der Waals surface area contributed by atoms with Crippen LogP contribution in [0, 0.1) is 6.92 Å². The van der Waals surface area contributed by atoms with Crippen molar-refractivity contribution in [1.82, 2.24) is 10.2 Å². The predicted molar refractivity (Wildman–Crippen MR) is 120 cm³/mol. The Hall–Kier alpha value is -2.61. The molecule has 0 bridgehead atoms. The highest BCUT2D eigenvalue weighted by Crippen LogP contribution is 2.25. The Morgan fingerprint density at radius 1 is 1.20 bits per heavy atom. The van der Waals surface area contributed by atoms with Crippen molar-refractivity contribution in [3.63, 3.8) is 0 Å². The largest absolute Gasteiger partial charge is 0.495 e. The monoisotopic (exact) mass is 430 g/mol. The fraction of sp³-hybridized carbons (Fsp3) is 0.364. The topological polar surface area (TPSA) is 75.2 Å². The number of amides is 1. The Morgan fingerprint density at radius 3 is 2.63 bits per heavy atom. The third kappa shape index (κ3) is 6.45. The maximum Gasteiger partial charge on any atom is 0.257 e. The van der Waals surface area contributed by atoms with Crippen LogP contribution in [0.5, 0.6) is 5.75 Å². The highest BCUT2D eigenvalue weighted by Gasteiger charge is 2.13. The molecule has 1 aliphatic heterocycles. The predicted octanol–water partition coefficient (Wildman–Crippen LogP) is 3.19. The summed E-state index contributed by atoms with van der Waals surface area (Å²) in [4.78, 5) is 19.6. The van der Waals surface area contributed by atoms with Crippen molar-refractivity contribution in [2.45, 2.75) is 6.92 Å². The van der Waals surface area contributed by atoms with Crippen LogP contribution >= 0.6 is 11.6 Å². The minimum absolute atomic E-state index is 0.268. The Morgan fingerprint density at radius 2 is 1.93 bits per heavy atom. The van der Waals surface area contributed by atoms with E-state index in [1.165, 1.54) is 0 Å². The summed E-state index contributed by atoms with van der Waals surface area (Å²) in [5.41, 5.74) is 2.30. The van der Waals surface area contributed by atoms with E-state index in [4.69, 9.17) is 21.1 Å². The molecule has 0 radical (unpaired) electrons. The number of ether oxygens (including phenoxy) is 2. The molecular formula is C22H27ClN4O3. The summed E-state index contributed by atoms with van der Waals surface area (Å²) >= 11 is 5.92. The number of carbonyl (C=O) groups excluding carboxylic acids is 1. The van der Waals surface area contributed by atoms with Gasteiger partial charge in [0.05, 0.1) is 32.6 Å². The summed E-state index contributed by atoms with van der Waals surface area (Å²) in [7, 11) is 1.61. The number of guanidine groups is 1. The van der Waals surface area contributed by atoms with Gasteiger partial charge in [-0.05, 0) is 48.9 Å². The zero-order valence-electron chi connectivity index (χ0n) is 17.3. The van der Waals surface area contributed by atoms with E-state index in [-0.39, 0.29) is 5.91 Å². The van der Waals surface area contributed by atoms with Gasteiger partial charge in [-0.25, -0.2) is 0 Å². The Kier molecular flexibility index (Phi) is 8.07. The van der Waals surface area contributed by atoms with Crippen molar-refractivity contribution in [2.75, 3.05) is 51.8 Å². The van der Waals surface area contributed by atoms with Gasteiger partial charge in [-0.3, -0.25) is 20.0 Å². The van der Waals surface area contributed by atoms with E-state index in [1.807, 2.05) is 25.1 Å². The number of aliphatic imine (C=N–C) groups is 1.